The highest BCUT2D eigenvalue weighted by Crippen LogP contribution is 2.17. The molecule has 0 aliphatic rings. The van der Waals surface area contributed by atoms with Crippen molar-refractivity contribution in [2.24, 2.45) is 5.73 Å². The highest BCUT2D eigenvalue weighted by molar-refractivity contribution is 5.69. The van der Waals surface area contributed by atoms with Crippen LogP contribution in [-0.4, -0.2) is 11.6 Å². The lowest BCUT2D eigenvalue weighted by atomic mass is 10.0. The lowest BCUT2D eigenvalue weighted by molar-refractivity contribution is -0.155. The molecule has 0 bridgehead atoms. The lowest BCUT2D eigenvalue weighted by Gasteiger charge is -2.20. The number of carbonyl (C=O) groups excluding carboxylic acids is 1. The van der Waals surface area contributed by atoms with Crippen molar-refractivity contribution in [2.75, 3.05) is 0 Å². The van der Waals surface area contributed by atoms with E-state index < -0.39 is 5.60 Å². The number of esters is 1. The number of rotatable bonds is 4. The number of hydrogen-bond acceptors (Lipinski definition) is 3. The van der Waals surface area contributed by atoms with Crippen molar-refractivity contribution in [3.05, 3.63) is 35.9 Å². The summed E-state index contributed by atoms with van der Waals surface area (Å²) in [5.41, 5.74) is 6.63. The Morgan fingerprint density at radius 3 is 2.41 bits per heavy atom. The minimum atomic E-state index is -0.423. The van der Waals surface area contributed by atoms with Crippen LogP contribution in [0.1, 0.15) is 45.2 Å². The summed E-state index contributed by atoms with van der Waals surface area (Å²) < 4.78 is 5.23. The molecule has 3 heteroatoms. The molecule has 1 atom stereocenters. The van der Waals surface area contributed by atoms with Crippen LogP contribution in [0.5, 0.6) is 0 Å². The first-order valence-corrected chi connectivity index (χ1v) is 5.91. The first-order valence-electron chi connectivity index (χ1n) is 5.91. The Hall–Kier alpha value is -1.35. The number of ether oxygens (including phenoxy) is 1. The van der Waals surface area contributed by atoms with Crippen molar-refractivity contribution in [1.29, 1.82) is 0 Å². The van der Waals surface area contributed by atoms with Crippen molar-refractivity contribution < 1.29 is 9.53 Å². The van der Waals surface area contributed by atoms with Gasteiger partial charge in [0.05, 0.1) is 0 Å². The second-order valence-electron chi connectivity index (χ2n) is 5.14. The van der Waals surface area contributed by atoms with Crippen molar-refractivity contribution >= 4 is 5.97 Å². The Kier molecular flexibility index (Phi) is 4.70. The maximum absolute atomic E-state index is 11.5. The Balaban J connectivity index is 2.39. The number of hydrogen-bond donors (Lipinski definition) is 1. The first-order chi connectivity index (χ1) is 7.88. The summed E-state index contributed by atoms with van der Waals surface area (Å²) >= 11 is 0. The molecule has 0 unspecified atom stereocenters. The fourth-order valence-corrected chi connectivity index (χ4v) is 1.53. The third kappa shape index (κ3) is 5.50. The van der Waals surface area contributed by atoms with Gasteiger partial charge in [0.2, 0.25) is 0 Å². The molecule has 0 amide bonds. The van der Waals surface area contributed by atoms with E-state index in [9.17, 15) is 4.79 Å². The Labute approximate surface area is 103 Å². The number of carbonyl (C=O) groups is 1. The molecule has 0 radical (unpaired) electrons. The Morgan fingerprint density at radius 2 is 1.88 bits per heavy atom. The van der Waals surface area contributed by atoms with Gasteiger partial charge in [-0.15, -0.1) is 0 Å². The van der Waals surface area contributed by atoms with Gasteiger partial charge in [-0.05, 0) is 32.8 Å². The van der Waals surface area contributed by atoms with Gasteiger partial charge < -0.3 is 10.5 Å². The average Bonchev–Trinajstić information content (AvgIpc) is 2.25. The van der Waals surface area contributed by atoms with E-state index in [1.54, 1.807) is 0 Å². The van der Waals surface area contributed by atoms with Gasteiger partial charge >= 0.3 is 5.97 Å². The minimum absolute atomic E-state index is 0.108. The minimum Gasteiger partial charge on any atom is -0.460 e. The molecule has 0 fully saturated rings. The second kappa shape index (κ2) is 5.82. The SMILES string of the molecule is CC(C)(C)OC(=O)CC[C@H](N)c1ccccc1. The van der Waals surface area contributed by atoms with Gasteiger partial charge in [0.1, 0.15) is 5.60 Å². The topological polar surface area (TPSA) is 52.3 Å². The van der Waals surface area contributed by atoms with Crippen LogP contribution in [-0.2, 0) is 9.53 Å². The molecule has 0 spiro atoms. The van der Waals surface area contributed by atoms with Crippen LogP contribution in [0.2, 0.25) is 0 Å². The monoisotopic (exact) mass is 235 g/mol. The summed E-state index contributed by atoms with van der Waals surface area (Å²) in [6.07, 6.45) is 0.965. The van der Waals surface area contributed by atoms with E-state index in [-0.39, 0.29) is 12.0 Å². The molecule has 0 aliphatic heterocycles. The summed E-state index contributed by atoms with van der Waals surface area (Å²) in [7, 11) is 0. The molecule has 3 nitrogen and oxygen atoms in total. The van der Waals surface area contributed by atoms with Crippen LogP contribution < -0.4 is 5.73 Å². The predicted molar refractivity (Wildman–Crippen MR) is 68.4 cm³/mol. The fraction of sp³-hybridized carbons (Fsp3) is 0.500. The molecular weight excluding hydrogens is 214 g/mol. The average molecular weight is 235 g/mol. The van der Waals surface area contributed by atoms with Crippen molar-refractivity contribution in [3.8, 4) is 0 Å². The maximum atomic E-state index is 11.5. The molecule has 17 heavy (non-hydrogen) atoms. The van der Waals surface area contributed by atoms with Crippen LogP contribution in [0, 0.1) is 0 Å². The van der Waals surface area contributed by atoms with E-state index in [0.717, 1.165) is 5.56 Å². The lowest BCUT2D eigenvalue weighted by Crippen LogP contribution is -2.24. The van der Waals surface area contributed by atoms with Gasteiger partial charge in [-0.25, -0.2) is 0 Å². The molecule has 1 aromatic rings. The summed E-state index contributed by atoms with van der Waals surface area (Å²) in [6, 6.07) is 9.68. The van der Waals surface area contributed by atoms with E-state index in [1.807, 2.05) is 51.1 Å². The largest absolute Gasteiger partial charge is 0.460 e. The van der Waals surface area contributed by atoms with Crippen LogP contribution in [0.3, 0.4) is 0 Å². The molecule has 0 saturated heterocycles. The molecule has 0 aliphatic carbocycles. The van der Waals surface area contributed by atoms with Gasteiger partial charge in [-0.1, -0.05) is 30.3 Å². The van der Waals surface area contributed by atoms with Gasteiger partial charge in [0.15, 0.2) is 0 Å². The molecule has 1 aromatic carbocycles. The van der Waals surface area contributed by atoms with E-state index in [4.69, 9.17) is 10.5 Å². The summed E-state index contributed by atoms with van der Waals surface area (Å²) in [4.78, 5) is 11.5. The summed E-state index contributed by atoms with van der Waals surface area (Å²) in [6.45, 7) is 5.59. The Bertz CT molecular complexity index is 354. The third-order valence-electron chi connectivity index (χ3n) is 2.31. The quantitative estimate of drug-likeness (QED) is 0.816. The van der Waals surface area contributed by atoms with Crippen LogP contribution in [0.4, 0.5) is 0 Å². The molecule has 0 aromatic heterocycles. The van der Waals surface area contributed by atoms with Crippen LogP contribution in [0.15, 0.2) is 30.3 Å². The van der Waals surface area contributed by atoms with Crippen molar-refractivity contribution in [3.63, 3.8) is 0 Å². The van der Waals surface area contributed by atoms with Gasteiger partial charge in [-0.3, -0.25) is 4.79 Å². The van der Waals surface area contributed by atoms with E-state index in [0.29, 0.717) is 12.8 Å². The van der Waals surface area contributed by atoms with E-state index in [2.05, 4.69) is 0 Å². The second-order valence-corrected chi connectivity index (χ2v) is 5.14. The zero-order chi connectivity index (χ0) is 12.9. The fourth-order valence-electron chi connectivity index (χ4n) is 1.53. The predicted octanol–water partition coefficient (Wildman–Crippen LogP) is 2.81. The zero-order valence-corrected chi connectivity index (χ0v) is 10.8. The highest BCUT2D eigenvalue weighted by Gasteiger charge is 2.17. The van der Waals surface area contributed by atoms with Gasteiger partial charge in [0, 0.05) is 12.5 Å². The highest BCUT2D eigenvalue weighted by atomic mass is 16.6. The third-order valence-corrected chi connectivity index (χ3v) is 2.31. The molecular formula is C14H21NO2. The molecule has 1 rings (SSSR count). The van der Waals surface area contributed by atoms with Crippen LogP contribution >= 0.6 is 0 Å². The van der Waals surface area contributed by atoms with E-state index >= 15 is 0 Å². The number of nitrogens with two attached hydrogens (primary N) is 1. The molecule has 2 N–H and O–H groups in total. The molecule has 0 heterocycles. The zero-order valence-electron chi connectivity index (χ0n) is 10.8. The summed E-state index contributed by atoms with van der Waals surface area (Å²) in [5, 5.41) is 0. The normalized spacial score (nSPS) is 13.2. The number of benzene rings is 1. The van der Waals surface area contributed by atoms with Gasteiger partial charge in [-0.2, -0.15) is 0 Å². The van der Waals surface area contributed by atoms with Gasteiger partial charge in [0.25, 0.3) is 0 Å². The molecule has 0 saturated carbocycles. The first kappa shape index (κ1) is 13.7. The van der Waals surface area contributed by atoms with Crippen molar-refractivity contribution in [1.82, 2.24) is 0 Å². The maximum Gasteiger partial charge on any atom is 0.306 e. The van der Waals surface area contributed by atoms with Crippen LogP contribution in [0.25, 0.3) is 0 Å². The smallest absolute Gasteiger partial charge is 0.306 e. The molecule has 94 valence electrons. The standard InChI is InChI=1S/C14H21NO2/c1-14(2,3)17-13(16)10-9-12(15)11-7-5-4-6-8-11/h4-8,12H,9-10,15H2,1-3H3/t12-/m0/s1. The Morgan fingerprint density at radius 1 is 1.29 bits per heavy atom. The summed E-state index contributed by atoms with van der Waals surface area (Å²) in [5.74, 6) is -0.191. The van der Waals surface area contributed by atoms with Crippen molar-refractivity contribution in [2.45, 2.75) is 45.3 Å². The van der Waals surface area contributed by atoms with E-state index in [1.165, 1.54) is 0 Å².